The van der Waals surface area contributed by atoms with Crippen LogP contribution in [0.1, 0.15) is 31.4 Å². The van der Waals surface area contributed by atoms with Crippen molar-refractivity contribution in [3.8, 4) is 0 Å². The number of hydrogen-bond donors (Lipinski definition) is 1. The molecule has 2 rings (SSSR count). The second kappa shape index (κ2) is 7.63. The van der Waals surface area contributed by atoms with Crippen molar-refractivity contribution in [2.75, 3.05) is 12.3 Å². The number of carbonyl (C=O) groups is 1. The van der Waals surface area contributed by atoms with Gasteiger partial charge in [-0.1, -0.05) is 43.8 Å². The van der Waals surface area contributed by atoms with Gasteiger partial charge in [0.05, 0.1) is 16.3 Å². The van der Waals surface area contributed by atoms with Gasteiger partial charge in [-0.15, -0.1) is 0 Å². The van der Waals surface area contributed by atoms with Crippen molar-refractivity contribution >= 4 is 28.6 Å². The number of thioether (sulfide) groups is 1. The molecule has 1 heterocycles. The number of fused-ring (bicyclic) bond motifs is 1. The summed E-state index contributed by atoms with van der Waals surface area (Å²) in [5.41, 5.74) is 3.41. The number of nitrogens with one attached hydrogen (secondary N) is 1. The van der Waals surface area contributed by atoms with Gasteiger partial charge in [0.25, 0.3) is 0 Å². The first-order valence-electron chi connectivity index (χ1n) is 7.74. The van der Waals surface area contributed by atoms with Gasteiger partial charge in [-0.25, -0.2) is 4.98 Å². The number of rotatable bonds is 6. The Hall–Kier alpha value is -1.55. The average Bonchev–Trinajstić information content (AvgIpc) is 2.46. The fraction of sp³-hybridized carbons (Fsp3) is 0.444. The third kappa shape index (κ3) is 4.47. The van der Waals surface area contributed by atoms with Crippen LogP contribution in [0.5, 0.6) is 0 Å². The van der Waals surface area contributed by atoms with Gasteiger partial charge in [0.2, 0.25) is 5.91 Å². The highest BCUT2D eigenvalue weighted by Gasteiger charge is 2.08. The third-order valence-electron chi connectivity index (χ3n) is 3.62. The number of aryl methyl sites for hydroxylation is 2. The minimum absolute atomic E-state index is 0.0787. The maximum absolute atomic E-state index is 11.9. The Morgan fingerprint density at radius 2 is 2.05 bits per heavy atom. The zero-order chi connectivity index (χ0) is 16.1. The minimum atomic E-state index is 0.0787. The number of hydrogen-bond acceptors (Lipinski definition) is 3. The molecular formula is C18H24N2OS. The van der Waals surface area contributed by atoms with Gasteiger partial charge in [0, 0.05) is 11.9 Å². The molecule has 118 valence electrons. The van der Waals surface area contributed by atoms with Crippen molar-refractivity contribution in [1.82, 2.24) is 10.3 Å². The largest absolute Gasteiger partial charge is 0.355 e. The zero-order valence-corrected chi connectivity index (χ0v) is 14.6. The molecule has 0 bridgehead atoms. The lowest BCUT2D eigenvalue weighted by Crippen LogP contribution is -2.26. The zero-order valence-electron chi connectivity index (χ0n) is 13.8. The van der Waals surface area contributed by atoms with E-state index < -0.39 is 0 Å². The van der Waals surface area contributed by atoms with Crippen LogP contribution < -0.4 is 5.32 Å². The number of amides is 1. The number of aromatic nitrogens is 1. The van der Waals surface area contributed by atoms with Crippen molar-refractivity contribution in [3.05, 3.63) is 35.4 Å². The normalized spacial score (nSPS) is 11.1. The molecule has 0 aliphatic carbocycles. The number of nitrogens with zero attached hydrogens (tertiary/aromatic N) is 1. The van der Waals surface area contributed by atoms with Crippen LogP contribution in [0.2, 0.25) is 0 Å². The monoisotopic (exact) mass is 316 g/mol. The summed E-state index contributed by atoms with van der Waals surface area (Å²) < 4.78 is 0. The molecule has 1 aromatic heterocycles. The molecule has 3 nitrogen and oxygen atoms in total. The van der Waals surface area contributed by atoms with E-state index in [0.29, 0.717) is 11.7 Å². The summed E-state index contributed by atoms with van der Waals surface area (Å²) in [6.07, 6.45) is 1.02. The Labute approximate surface area is 136 Å². The average molecular weight is 316 g/mol. The first-order chi connectivity index (χ1) is 10.5. The van der Waals surface area contributed by atoms with E-state index in [1.807, 2.05) is 0 Å². The van der Waals surface area contributed by atoms with E-state index in [1.165, 1.54) is 28.3 Å². The fourth-order valence-corrected chi connectivity index (χ4v) is 3.09. The minimum Gasteiger partial charge on any atom is -0.355 e. The molecule has 0 aliphatic rings. The highest BCUT2D eigenvalue weighted by atomic mass is 32.2. The standard InChI is InChI=1S/C18H24N2OS/c1-12(2)8-9-19-16(21)11-22-17-10-14(4)15-7-5-6-13(3)18(15)20-17/h5-7,10,12H,8-9,11H2,1-4H3,(H,19,21). The smallest absolute Gasteiger partial charge is 0.230 e. The number of para-hydroxylation sites is 1. The molecule has 0 atom stereocenters. The Kier molecular flexibility index (Phi) is 5.83. The molecule has 0 spiro atoms. The summed E-state index contributed by atoms with van der Waals surface area (Å²) in [5, 5.41) is 5.06. The van der Waals surface area contributed by atoms with Crippen LogP contribution in [0.4, 0.5) is 0 Å². The van der Waals surface area contributed by atoms with Crippen molar-refractivity contribution in [2.24, 2.45) is 5.92 Å². The van der Waals surface area contributed by atoms with Gasteiger partial charge in [-0.3, -0.25) is 4.79 Å². The van der Waals surface area contributed by atoms with E-state index >= 15 is 0 Å². The molecular weight excluding hydrogens is 292 g/mol. The van der Waals surface area contributed by atoms with Gasteiger partial charge in [-0.2, -0.15) is 0 Å². The summed E-state index contributed by atoms with van der Waals surface area (Å²) in [6, 6.07) is 8.29. The Morgan fingerprint density at radius 1 is 1.27 bits per heavy atom. The lowest BCUT2D eigenvalue weighted by molar-refractivity contribution is -0.118. The number of benzene rings is 1. The molecule has 0 saturated heterocycles. The van der Waals surface area contributed by atoms with E-state index in [4.69, 9.17) is 4.98 Å². The van der Waals surface area contributed by atoms with Gasteiger partial charge in [-0.05, 0) is 43.4 Å². The first kappa shape index (κ1) is 16.8. The molecule has 1 amide bonds. The van der Waals surface area contributed by atoms with Gasteiger partial charge in [0.1, 0.15) is 0 Å². The summed E-state index contributed by atoms with van der Waals surface area (Å²) in [7, 11) is 0. The van der Waals surface area contributed by atoms with Crippen molar-refractivity contribution in [1.29, 1.82) is 0 Å². The molecule has 0 fully saturated rings. The van der Waals surface area contributed by atoms with E-state index in [2.05, 4.69) is 57.3 Å². The van der Waals surface area contributed by atoms with Crippen LogP contribution >= 0.6 is 11.8 Å². The van der Waals surface area contributed by atoms with Crippen LogP contribution in [0.25, 0.3) is 10.9 Å². The second-order valence-electron chi connectivity index (χ2n) is 6.07. The molecule has 2 aromatic rings. The van der Waals surface area contributed by atoms with Gasteiger partial charge >= 0.3 is 0 Å². The third-order valence-corrected chi connectivity index (χ3v) is 4.53. The summed E-state index contributed by atoms with van der Waals surface area (Å²) >= 11 is 1.50. The number of pyridine rings is 1. The lowest BCUT2D eigenvalue weighted by Gasteiger charge is -2.09. The predicted molar refractivity (Wildman–Crippen MR) is 94.4 cm³/mol. The Morgan fingerprint density at radius 3 is 2.77 bits per heavy atom. The van der Waals surface area contributed by atoms with Gasteiger partial charge in [0.15, 0.2) is 0 Å². The van der Waals surface area contributed by atoms with E-state index in [-0.39, 0.29) is 5.91 Å². The van der Waals surface area contributed by atoms with Crippen molar-refractivity contribution in [2.45, 2.75) is 39.1 Å². The second-order valence-corrected chi connectivity index (χ2v) is 7.07. The van der Waals surface area contributed by atoms with Crippen LogP contribution in [-0.2, 0) is 4.79 Å². The van der Waals surface area contributed by atoms with Crippen LogP contribution in [0.15, 0.2) is 29.3 Å². The first-order valence-corrected chi connectivity index (χ1v) is 8.72. The molecule has 0 radical (unpaired) electrons. The quantitative estimate of drug-likeness (QED) is 0.816. The molecule has 1 aromatic carbocycles. The van der Waals surface area contributed by atoms with Gasteiger partial charge < -0.3 is 5.32 Å². The predicted octanol–water partition coefficient (Wildman–Crippen LogP) is 4.11. The summed E-state index contributed by atoms with van der Waals surface area (Å²) in [4.78, 5) is 16.6. The Balaban J connectivity index is 2.00. The Bertz CT molecular complexity index is 667. The van der Waals surface area contributed by atoms with E-state index in [9.17, 15) is 4.79 Å². The molecule has 0 saturated carbocycles. The fourth-order valence-electron chi connectivity index (χ4n) is 2.30. The lowest BCUT2D eigenvalue weighted by atomic mass is 10.1. The number of carbonyl (C=O) groups excluding carboxylic acids is 1. The van der Waals surface area contributed by atoms with Crippen molar-refractivity contribution in [3.63, 3.8) is 0 Å². The SMILES string of the molecule is Cc1cc(SCC(=O)NCCC(C)C)nc2c(C)cccc12. The molecule has 1 N–H and O–H groups in total. The van der Waals surface area contributed by atoms with Crippen LogP contribution in [0.3, 0.4) is 0 Å². The maximum Gasteiger partial charge on any atom is 0.230 e. The van der Waals surface area contributed by atoms with E-state index in [0.717, 1.165) is 23.5 Å². The molecule has 0 unspecified atom stereocenters. The summed E-state index contributed by atoms with van der Waals surface area (Å²) in [5.74, 6) is 1.11. The van der Waals surface area contributed by atoms with Crippen molar-refractivity contribution < 1.29 is 4.79 Å². The highest BCUT2D eigenvalue weighted by molar-refractivity contribution is 7.99. The van der Waals surface area contributed by atoms with E-state index in [1.54, 1.807) is 0 Å². The topological polar surface area (TPSA) is 42.0 Å². The maximum atomic E-state index is 11.9. The molecule has 0 aliphatic heterocycles. The molecule has 4 heteroatoms. The highest BCUT2D eigenvalue weighted by Crippen LogP contribution is 2.25. The van der Waals surface area contributed by atoms with Crippen LogP contribution in [0, 0.1) is 19.8 Å². The van der Waals surface area contributed by atoms with Crippen LogP contribution in [-0.4, -0.2) is 23.2 Å². The summed E-state index contributed by atoms with van der Waals surface area (Å²) in [6.45, 7) is 9.23. The molecule has 22 heavy (non-hydrogen) atoms.